The van der Waals surface area contributed by atoms with Crippen molar-refractivity contribution in [3.63, 3.8) is 0 Å². The Labute approximate surface area is 228 Å². The molecule has 0 saturated heterocycles. The van der Waals surface area contributed by atoms with E-state index in [1.165, 1.54) is 6.26 Å². The van der Waals surface area contributed by atoms with Gasteiger partial charge in [0.05, 0.1) is 16.3 Å². The SMILES string of the molecule is CNc1ccc(-c2cnc(Nc3ccc(S(C)(=N)=O)cc3)nc2N[C@H](C)CO)cc1.O=CNc1ccccc1. The minimum absolute atomic E-state index is 0.0320. The van der Waals surface area contributed by atoms with Gasteiger partial charge in [-0.15, -0.1) is 0 Å². The Hall–Kier alpha value is -4.48. The summed E-state index contributed by atoms with van der Waals surface area (Å²) in [4.78, 5) is 19.3. The average Bonchev–Trinajstić information content (AvgIpc) is 2.94. The third-order valence-corrected chi connectivity index (χ3v) is 6.66. The number of hydrogen-bond acceptors (Lipinski definition) is 9. The molecule has 10 nitrogen and oxygen atoms in total. The molecule has 6 N–H and O–H groups in total. The van der Waals surface area contributed by atoms with Gasteiger partial charge in [0, 0.05) is 53.1 Å². The van der Waals surface area contributed by atoms with Crippen molar-refractivity contribution >= 4 is 45.0 Å². The van der Waals surface area contributed by atoms with E-state index in [2.05, 4.69) is 31.2 Å². The molecule has 0 bridgehead atoms. The lowest BCUT2D eigenvalue weighted by Crippen LogP contribution is -2.21. The van der Waals surface area contributed by atoms with E-state index in [4.69, 9.17) is 4.78 Å². The van der Waals surface area contributed by atoms with Crippen molar-refractivity contribution in [1.82, 2.24) is 9.97 Å². The Morgan fingerprint density at radius 2 is 1.62 bits per heavy atom. The van der Waals surface area contributed by atoms with Gasteiger partial charge < -0.3 is 26.4 Å². The lowest BCUT2D eigenvalue weighted by Gasteiger charge is -2.17. The second kappa shape index (κ2) is 13.9. The molecule has 4 aromatic rings. The molecule has 204 valence electrons. The van der Waals surface area contributed by atoms with Gasteiger partial charge in [-0.05, 0) is 61.0 Å². The smallest absolute Gasteiger partial charge is 0.229 e. The molecular formula is C28H33N7O3S. The van der Waals surface area contributed by atoms with Crippen molar-refractivity contribution in [3.8, 4) is 11.1 Å². The summed E-state index contributed by atoms with van der Waals surface area (Å²) in [6, 6.07) is 23.8. The number of benzene rings is 3. The molecule has 4 rings (SSSR count). The van der Waals surface area contributed by atoms with Crippen LogP contribution in [-0.2, 0) is 14.5 Å². The van der Waals surface area contributed by atoms with Crippen LogP contribution in [0.25, 0.3) is 11.1 Å². The number of rotatable bonds is 10. The molecule has 0 fully saturated rings. The number of amides is 1. The first-order chi connectivity index (χ1) is 18.7. The number of carbonyl (C=O) groups excluding carboxylic acids is 1. The minimum atomic E-state index is -2.75. The van der Waals surface area contributed by atoms with Crippen LogP contribution in [0.4, 0.5) is 28.8 Å². The molecule has 1 unspecified atom stereocenters. The molecule has 0 aliphatic carbocycles. The van der Waals surface area contributed by atoms with Gasteiger partial charge in [-0.1, -0.05) is 30.3 Å². The summed E-state index contributed by atoms with van der Waals surface area (Å²) in [6.45, 7) is 1.83. The Kier molecular flexibility index (Phi) is 10.4. The highest BCUT2D eigenvalue weighted by molar-refractivity contribution is 7.91. The maximum atomic E-state index is 11.8. The normalized spacial score (nSPS) is 12.6. The number of para-hydroxylation sites is 1. The van der Waals surface area contributed by atoms with Crippen LogP contribution in [-0.4, -0.2) is 51.6 Å². The van der Waals surface area contributed by atoms with Crippen LogP contribution in [0.3, 0.4) is 0 Å². The molecule has 11 heteroatoms. The second-order valence-electron chi connectivity index (χ2n) is 8.63. The van der Waals surface area contributed by atoms with E-state index in [1.54, 1.807) is 30.5 Å². The monoisotopic (exact) mass is 547 g/mol. The van der Waals surface area contributed by atoms with E-state index in [9.17, 15) is 14.1 Å². The Balaban J connectivity index is 0.000000395. The van der Waals surface area contributed by atoms with Gasteiger partial charge in [0.1, 0.15) is 5.82 Å². The number of aliphatic hydroxyl groups excluding tert-OH is 1. The van der Waals surface area contributed by atoms with Crippen LogP contribution in [0.1, 0.15) is 6.92 Å². The first-order valence-electron chi connectivity index (χ1n) is 12.1. The number of aliphatic hydroxyl groups is 1. The molecule has 1 heterocycles. The van der Waals surface area contributed by atoms with E-state index in [-0.39, 0.29) is 12.6 Å². The standard InChI is InChI=1S/C21H26N6O2S.C7H7NO/c1-14(13-28)25-20-19(15-4-6-16(23-2)7-5-15)12-24-21(27-20)26-17-8-10-18(11-9-17)30(3,22)29;9-6-8-7-4-2-1-3-5-7/h4-12,14,22-23,28H,13H2,1-3H3,(H2,24,25,26,27);1-6H,(H,8,9)/t14-,30?;/m1./s1. The molecule has 0 saturated carbocycles. The van der Waals surface area contributed by atoms with Crippen molar-refractivity contribution in [2.24, 2.45) is 0 Å². The molecule has 1 amide bonds. The zero-order valence-corrected chi connectivity index (χ0v) is 22.8. The van der Waals surface area contributed by atoms with E-state index in [0.29, 0.717) is 23.1 Å². The van der Waals surface area contributed by atoms with Gasteiger partial charge >= 0.3 is 0 Å². The van der Waals surface area contributed by atoms with Crippen molar-refractivity contribution in [3.05, 3.63) is 85.1 Å². The highest BCUT2D eigenvalue weighted by Crippen LogP contribution is 2.29. The Morgan fingerprint density at radius 3 is 2.18 bits per heavy atom. The third kappa shape index (κ3) is 8.80. The Bertz CT molecular complexity index is 1450. The lowest BCUT2D eigenvalue weighted by molar-refractivity contribution is -0.105. The number of hydrogen-bond donors (Lipinski definition) is 6. The number of carbonyl (C=O) groups is 1. The highest BCUT2D eigenvalue weighted by atomic mass is 32.2. The lowest BCUT2D eigenvalue weighted by atomic mass is 10.1. The average molecular weight is 548 g/mol. The van der Waals surface area contributed by atoms with Crippen molar-refractivity contribution in [2.45, 2.75) is 17.9 Å². The zero-order valence-electron chi connectivity index (χ0n) is 22.0. The van der Waals surface area contributed by atoms with Gasteiger partial charge in [0.25, 0.3) is 0 Å². The molecular weight excluding hydrogens is 514 g/mol. The van der Waals surface area contributed by atoms with Crippen LogP contribution in [0.2, 0.25) is 0 Å². The quantitative estimate of drug-likeness (QED) is 0.152. The third-order valence-electron chi connectivity index (χ3n) is 5.49. The molecule has 39 heavy (non-hydrogen) atoms. The topological polar surface area (TPSA) is 152 Å². The number of anilines is 5. The molecule has 0 aliphatic heterocycles. The van der Waals surface area contributed by atoms with E-state index in [1.807, 2.05) is 68.6 Å². The van der Waals surface area contributed by atoms with Gasteiger partial charge in [-0.25, -0.2) is 14.0 Å². The largest absolute Gasteiger partial charge is 0.394 e. The summed E-state index contributed by atoms with van der Waals surface area (Å²) in [6.07, 6.45) is 3.78. The van der Waals surface area contributed by atoms with Crippen LogP contribution < -0.4 is 21.3 Å². The van der Waals surface area contributed by atoms with Crippen molar-refractivity contribution < 1.29 is 14.1 Å². The van der Waals surface area contributed by atoms with Crippen LogP contribution >= 0.6 is 0 Å². The molecule has 0 radical (unpaired) electrons. The second-order valence-corrected chi connectivity index (χ2v) is 10.8. The van der Waals surface area contributed by atoms with Crippen LogP contribution in [0.15, 0.2) is 90.0 Å². The summed E-state index contributed by atoms with van der Waals surface area (Å²) >= 11 is 0. The fourth-order valence-corrected chi connectivity index (χ4v) is 4.04. The van der Waals surface area contributed by atoms with Crippen molar-refractivity contribution in [1.29, 1.82) is 4.78 Å². The fourth-order valence-electron chi connectivity index (χ4n) is 3.39. The van der Waals surface area contributed by atoms with E-state index in [0.717, 1.165) is 28.2 Å². The van der Waals surface area contributed by atoms with Gasteiger partial charge in [0.15, 0.2) is 0 Å². The zero-order chi connectivity index (χ0) is 28.3. The molecule has 2 atom stereocenters. The summed E-state index contributed by atoms with van der Waals surface area (Å²) in [5, 5.41) is 21.4. The molecule has 3 aromatic carbocycles. The summed E-state index contributed by atoms with van der Waals surface area (Å²) in [5.74, 6) is 0.986. The first kappa shape index (κ1) is 29.1. The highest BCUT2D eigenvalue weighted by Gasteiger charge is 2.13. The number of aromatic nitrogens is 2. The maximum Gasteiger partial charge on any atom is 0.229 e. The van der Waals surface area contributed by atoms with Gasteiger partial charge in [-0.3, -0.25) is 4.79 Å². The van der Waals surface area contributed by atoms with Crippen LogP contribution in [0, 0.1) is 4.78 Å². The predicted molar refractivity (Wildman–Crippen MR) is 158 cm³/mol. The van der Waals surface area contributed by atoms with Gasteiger partial charge in [0.2, 0.25) is 12.4 Å². The molecule has 0 aliphatic rings. The molecule has 1 aromatic heterocycles. The summed E-state index contributed by atoms with van der Waals surface area (Å²) < 4.78 is 19.5. The van der Waals surface area contributed by atoms with E-state index < -0.39 is 9.73 Å². The maximum absolute atomic E-state index is 11.8. The fraction of sp³-hybridized carbons (Fsp3) is 0.179. The van der Waals surface area contributed by atoms with Crippen molar-refractivity contribution in [2.75, 3.05) is 41.2 Å². The molecule has 0 spiro atoms. The summed E-state index contributed by atoms with van der Waals surface area (Å²) in [7, 11) is -0.889. The first-order valence-corrected chi connectivity index (χ1v) is 14.1. The van der Waals surface area contributed by atoms with Crippen LogP contribution in [0.5, 0.6) is 0 Å². The number of nitrogens with one attached hydrogen (secondary N) is 5. The number of nitrogens with zero attached hydrogens (tertiary/aromatic N) is 2. The Morgan fingerprint density at radius 1 is 0.974 bits per heavy atom. The minimum Gasteiger partial charge on any atom is -0.394 e. The summed E-state index contributed by atoms with van der Waals surface area (Å²) in [5.41, 5.74) is 4.31. The van der Waals surface area contributed by atoms with Gasteiger partial charge in [-0.2, -0.15) is 4.98 Å². The van der Waals surface area contributed by atoms with E-state index >= 15 is 0 Å². The predicted octanol–water partition coefficient (Wildman–Crippen LogP) is 5.01.